The Labute approximate surface area is 163 Å². The highest BCUT2D eigenvalue weighted by molar-refractivity contribution is 7.17. The van der Waals surface area contributed by atoms with Gasteiger partial charge in [0.2, 0.25) is 5.91 Å². The van der Waals surface area contributed by atoms with Crippen molar-refractivity contribution in [3.05, 3.63) is 52.6 Å². The minimum atomic E-state index is 0.0874. The van der Waals surface area contributed by atoms with Crippen LogP contribution < -0.4 is 0 Å². The highest BCUT2D eigenvalue weighted by atomic mass is 32.1. The average molecular weight is 383 g/mol. The van der Waals surface area contributed by atoms with Gasteiger partial charge >= 0.3 is 0 Å². The Hall–Kier alpha value is -2.34. The van der Waals surface area contributed by atoms with Gasteiger partial charge in [-0.05, 0) is 44.9 Å². The summed E-state index contributed by atoms with van der Waals surface area (Å²) in [7, 11) is 2.06. The largest absolute Gasteiger partial charge is 0.353 e. The fraction of sp³-hybridized carbons (Fsp3) is 0.429. The molecule has 1 saturated heterocycles. The van der Waals surface area contributed by atoms with Crippen LogP contribution in [0.15, 0.2) is 30.6 Å². The monoisotopic (exact) mass is 382 g/mol. The number of carbonyl (C=O) groups is 1. The number of aromatic nitrogens is 3. The molecule has 3 aromatic heterocycles. The molecule has 0 N–H and O–H groups in total. The van der Waals surface area contributed by atoms with Crippen LogP contribution in [-0.2, 0) is 11.8 Å². The molecule has 1 fully saturated rings. The number of hydrogen-bond donors (Lipinski definition) is 0. The Morgan fingerprint density at radius 1 is 1.30 bits per heavy atom. The molecule has 0 aromatic carbocycles. The van der Waals surface area contributed by atoms with Gasteiger partial charge < -0.3 is 9.47 Å². The second-order valence-electron chi connectivity index (χ2n) is 7.35. The molecule has 3 aromatic rings. The molecule has 142 valence electrons. The van der Waals surface area contributed by atoms with Crippen LogP contribution in [0.5, 0.6) is 0 Å². The fourth-order valence-electron chi connectivity index (χ4n) is 4.03. The van der Waals surface area contributed by atoms with Crippen LogP contribution in [0.25, 0.3) is 11.0 Å². The minimum Gasteiger partial charge on any atom is -0.353 e. The van der Waals surface area contributed by atoms with Crippen molar-refractivity contribution < 1.29 is 4.79 Å². The van der Waals surface area contributed by atoms with E-state index < -0.39 is 0 Å². The summed E-state index contributed by atoms with van der Waals surface area (Å²) in [4.78, 5) is 22.0. The van der Waals surface area contributed by atoms with Gasteiger partial charge in [0.15, 0.2) is 4.96 Å². The topological polar surface area (TPSA) is 42.5 Å². The molecule has 0 bridgehead atoms. The molecule has 0 unspecified atom stereocenters. The minimum absolute atomic E-state index is 0.0874. The van der Waals surface area contributed by atoms with E-state index in [2.05, 4.69) is 52.4 Å². The summed E-state index contributed by atoms with van der Waals surface area (Å²) < 4.78 is 4.22. The number of likely N-dealkylation sites (tertiary alicyclic amines) is 1. The SMILES string of the molecule is Cc1cn2c(/C=C/C(=O)N3CCCCC[C@H]3c3cccn3C)c(C)nc2s1. The van der Waals surface area contributed by atoms with E-state index in [-0.39, 0.29) is 11.9 Å². The van der Waals surface area contributed by atoms with E-state index in [0.29, 0.717) is 0 Å². The molecule has 0 radical (unpaired) electrons. The van der Waals surface area contributed by atoms with E-state index in [1.165, 1.54) is 23.4 Å². The lowest BCUT2D eigenvalue weighted by Crippen LogP contribution is -2.34. The van der Waals surface area contributed by atoms with Crippen LogP contribution in [0.1, 0.15) is 53.7 Å². The van der Waals surface area contributed by atoms with Crippen molar-refractivity contribution in [2.45, 2.75) is 45.6 Å². The maximum Gasteiger partial charge on any atom is 0.247 e. The highest BCUT2D eigenvalue weighted by Gasteiger charge is 2.27. The lowest BCUT2D eigenvalue weighted by molar-refractivity contribution is -0.128. The summed E-state index contributed by atoms with van der Waals surface area (Å²) in [6.07, 6.45) is 12.2. The predicted octanol–water partition coefficient (Wildman–Crippen LogP) is 4.51. The number of carbonyl (C=O) groups excluding carboxylic acids is 1. The Morgan fingerprint density at radius 2 is 2.15 bits per heavy atom. The third kappa shape index (κ3) is 3.46. The molecule has 0 spiro atoms. The van der Waals surface area contributed by atoms with Gasteiger partial charge in [0.05, 0.1) is 17.4 Å². The first-order valence-electron chi connectivity index (χ1n) is 9.59. The van der Waals surface area contributed by atoms with Crippen molar-refractivity contribution in [3.63, 3.8) is 0 Å². The van der Waals surface area contributed by atoms with Crippen molar-refractivity contribution in [2.75, 3.05) is 6.54 Å². The second kappa shape index (κ2) is 7.35. The fourth-order valence-corrected chi connectivity index (χ4v) is 4.91. The zero-order valence-electron chi connectivity index (χ0n) is 16.2. The van der Waals surface area contributed by atoms with Crippen molar-refractivity contribution in [3.8, 4) is 0 Å². The predicted molar refractivity (Wildman–Crippen MR) is 110 cm³/mol. The van der Waals surface area contributed by atoms with Crippen LogP contribution in [0, 0.1) is 13.8 Å². The molecule has 27 heavy (non-hydrogen) atoms. The number of aryl methyl sites for hydroxylation is 3. The highest BCUT2D eigenvalue weighted by Crippen LogP contribution is 2.30. The van der Waals surface area contributed by atoms with Gasteiger partial charge in [0, 0.05) is 42.6 Å². The molecule has 1 aliphatic heterocycles. The zero-order valence-corrected chi connectivity index (χ0v) is 17.0. The first-order valence-corrected chi connectivity index (χ1v) is 10.4. The van der Waals surface area contributed by atoms with Crippen molar-refractivity contribution in [1.82, 2.24) is 18.9 Å². The molecule has 0 saturated carbocycles. The van der Waals surface area contributed by atoms with Gasteiger partial charge in [-0.2, -0.15) is 0 Å². The summed E-state index contributed by atoms with van der Waals surface area (Å²) in [5.74, 6) is 0.0874. The molecule has 6 heteroatoms. The number of hydrogen-bond acceptors (Lipinski definition) is 3. The Kier molecular flexibility index (Phi) is 4.91. The lowest BCUT2D eigenvalue weighted by Gasteiger charge is -2.29. The molecular weight excluding hydrogens is 356 g/mol. The molecule has 1 atom stereocenters. The number of rotatable bonds is 3. The quantitative estimate of drug-likeness (QED) is 0.626. The molecule has 0 aliphatic carbocycles. The number of imidazole rings is 1. The summed E-state index contributed by atoms with van der Waals surface area (Å²) in [6, 6.07) is 4.35. The van der Waals surface area contributed by atoms with Crippen molar-refractivity contribution >= 4 is 28.3 Å². The summed E-state index contributed by atoms with van der Waals surface area (Å²) in [5.41, 5.74) is 3.17. The van der Waals surface area contributed by atoms with Gasteiger partial charge in [0.25, 0.3) is 0 Å². The number of amides is 1. The molecule has 1 amide bonds. The Morgan fingerprint density at radius 3 is 2.93 bits per heavy atom. The van der Waals surface area contributed by atoms with E-state index in [4.69, 9.17) is 0 Å². The number of fused-ring (bicyclic) bond motifs is 1. The first-order chi connectivity index (χ1) is 13.0. The third-order valence-electron chi connectivity index (χ3n) is 5.41. The third-order valence-corrected chi connectivity index (χ3v) is 6.31. The number of thiazole rings is 1. The maximum absolute atomic E-state index is 13.1. The zero-order chi connectivity index (χ0) is 19.0. The van der Waals surface area contributed by atoms with E-state index in [9.17, 15) is 4.79 Å². The van der Waals surface area contributed by atoms with Gasteiger partial charge in [-0.3, -0.25) is 9.20 Å². The molecule has 4 heterocycles. The van der Waals surface area contributed by atoms with E-state index in [0.717, 1.165) is 35.7 Å². The molecule has 1 aliphatic rings. The van der Waals surface area contributed by atoms with E-state index in [1.807, 2.05) is 17.9 Å². The normalized spacial score (nSPS) is 18.5. The van der Waals surface area contributed by atoms with Crippen LogP contribution in [0.3, 0.4) is 0 Å². The maximum atomic E-state index is 13.1. The van der Waals surface area contributed by atoms with Crippen molar-refractivity contribution in [1.29, 1.82) is 0 Å². The average Bonchev–Trinajstić information content (AvgIpc) is 3.21. The van der Waals surface area contributed by atoms with Gasteiger partial charge in [-0.1, -0.05) is 12.8 Å². The Bertz CT molecular complexity index is 993. The summed E-state index contributed by atoms with van der Waals surface area (Å²) >= 11 is 1.67. The van der Waals surface area contributed by atoms with Crippen molar-refractivity contribution in [2.24, 2.45) is 7.05 Å². The standard InChI is InChI=1S/C21H26N4OS/c1-15-14-25-17(16(2)22-21(25)27-15)10-11-20(26)24-13-6-4-5-8-19(24)18-9-7-12-23(18)3/h7,9-12,14,19H,4-6,8,13H2,1-3H3/b11-10+/t19-/m0/s1. The van der Waals surface area contributed by atoms with Crippen LogP contribution in [-0.4, -0.2) is 31.3 Å². The number of nitrogens with zero attached hydrogens (tertiary/aromatic N) is 4. The second-order valence-corrected chi connectivity index (χ2v) is 8.56. The Balaban J connectivity index is 1.62. The van der Waals surface area contributed by atoms with Crippen LogP contribution in [0.4, 0.5) is 0 Å². The summed E-state index contributed by atoms with van der Waals surface area (Å²) in [5, 5.41) is 0. The smallest absolute Gasteiger partial charge is 0.247 e. The first kappa shape index (κ1) is 18.0. The molecule has 5 nitrogen and oxygen atoms in total. The van der Waals surface area contributed by atoms with Gasteiger partial charge in [-0.25, -0.2) is 4.98 Å². The van der Waals surface area contributed by atoms with Gasteiger partial charge in [0.1, 0.15) is 0 Å². The van der Waals surface area contributed by atoms with E-state index in [1.54, 1.807) is 17.4 Å². The van der Waals surface area contributed by atoms with Crippen LogP contribution >= 0.6 is 11.3 Å². The van der Waals surface area contributed by atoms with Gasteiger partial charge in [-0.15, -0.1) is 11.3 Å². The summed E-state index contributed by atoms with van der Waals surface area (Å²) in [6.45, 7) is 4.89. The molecular formula is C21H26N4OS. The molecule has 4 rings (SSSR count). The lowest BCUT2D eigenvalue weighted by atomic mass is 10.1. The van der Waals surface area contributed by atoms with Crippen LogP contribution in [0.2, 0.25) is 0 Å². The van der Waals surface area contributed by atoms with E-state index >= 15 is 0 Å².